The predicted molar refractivity (Wildman–Crippen MR) is 144 cm³/mol. The van der Waals surface area contributed by atoms with Crippen LogP contribution in [0.4, 0.5) is 0 Å². The van der Waals surface area contributed by atoms with Gasteiger partial charge in [0.2, 0.25) is 0 Å². The Bertz CT molecular complexity index is 978. The molecule has 0 aromatic rings. The summed E-state index contributed by atoms with van der Waals surface area (Å²) in [6.07, 6.45) is 0.243. The maximum Gasteiger partial charge on any atom is 0.303 e. The summed E-state index contributed by atoms with van der Waals surface area (Å²) in [6, 6.07) is 0. The Hall–Kier alpha value is -1.56. The van der Waals surface area contributed by atoms with Crippen LogP contribution in [0.1, 0.15) is 80.1 Å². The second kappa shape index (κ2) is 11.6. The van der Waals surface area contributed by atoms with Crippen molar-refractivity contribution in [2.75, 3.05) is 13.2 Å². The van der Waals surface area contributed by atoms with Gasteiger partial charge in [-0.05, 0) is 61.2 Å². The van der Waals surface area contributed by atoms with E-state index in [4.69, 9.17) is 18.9 Å². The number of hydrogen-bond acceptors (Lipinski definition) is 10. The van der Waals surface area contributed by atoms with Crippen LogP contribution in [-0.2, 0) is 28.5 Å². The Morgan fingerprint density at radius 1 is 1.00 bits per heavy atom. The first-order valence-electron chi connectivity index (χ1n) is 14.6. The topological polar surface area (TPSA) is 152 Å². The molecule has 4 rings (SSSR count). The quantitative estimate of drug-likeness (QED) is 0.204. The van der Waals surface area contributed by atoms with Crippen LogP contribution in [0, 0.1) is 28.1 Å². The molecule has 1 heterocycles. The number of carbonyl (C=O) groups is 2. The molecule has 3 aliphatic carbocycles. The van der Waals surface area contributed by atoms with Crippen LogP contribution in [0.2, 0.25) is 0 Å². The molecule has 1 saturated heterocycles. The second-order valence-electron chi connectivity index (χ2n) is 13.5. The molecule has 0 bridgehead atoms. The van der Waals surface area contributed by atoms with Gasteiger partial charge in [0.05, 0.1) is 12.7 Å². The second-order valence-corrected chi connectivity index (χ2v) is 13.5. The van der Waals surface area contributed by atoms with E-state index < -0.39 is 60.8 Å². The Balaban J connectivity index is 1.52. The highest BCUT2D eigenvalue weighted by molar-refractivity contribution is 5.67. The Morgan fingerprint density at radius 3 is 2.33 bits per heavy atom. The fourth-order valence-electron chi connectivity index (χ4n) is 8.32. The molecule has 10 heteroatoms. The molecule has 4 N–H and O–H groups in total. The molecule has 9 unspecified atom stereocenters. The van der Waals surface area contributed by atoms with E-state index in [2.05, 4.69) is 33.8 Å². The van der Waals surface area contributed by atoms with Gasteiger partial charge in [0.25, 0.3) is 0 Å². The molecule has 40 heavy (non-hydrogen) atoms. The summed E-state index contributed by atoms with van der Waals surface area (Å²) in [4.78, 5) is 23.4. The fourth-order valence-corrected chi connectivity index (χ4v) is 8.32. The number of hydrogen-bond donors (Lipinski definition) is 4. The van der Waals surface area contributed by atoms with Crippen LogP contribution in [0.5, 0.6) is 0 Å². The first-order chi connectivity index (χ1) is 18.6. The summed E-state index contributed by atoms with van der Waals surface area (Å²) in [5.41, 5.74) is 0.677. The minimum absolute atomic E-state index is 0.0109. The van der Waals surface area contributed by atoms with Crippen molar-refractivity contribution in [2.24, 2.45) is 28.1 Å². The molecule has 0 aromatic carbocycles. The van der Waals surface area contributed by atoms with Crippen molar-refractivity contribution >= 4 is 11.9 Å². The van der Waals surface area contributed by atoms with E-state index in [9.17, 15) is 30.0 Å². The van der Waals surface area contributed by atoms with E-state index in [1.165, 1.54) is 19.4 Å². The van der Waals surface area contributed by atoms with Crippen LogP contribution in [-0.4, -0.2) is 88.5 Å². The number of aliphatic hydroxyl groups is 4. The third-order valence-corrected chi connectivity index (χ3v) is 10.5. The average molecular weight is 569 g/mol. The highest BCUT2D eigenvalue weighted by Crippen LogP contribution is 2.64. The van der Waals surface area contributed by atoms with Gasteiger partial charge in [0.15, 0.2) is 6.29 Å². The number of rotatable bonds is 7. The first-order valence-corrected chi connectivity index (χ1v) is 14.6. The van der Waals surface area contributed by atoms with Crippen LogP contribution < -0.4 is 0 Å². The summed E-state index contributed by atoms with van der Waals surface area (Å²) >= 11 is 0. The molecule has 11 atom stereocenters. The molecule has 0 amide bonds. The van der Waals surface area contributed by atoms with Crippen molar-refractivity contribution in [3.63, 3.8) is 0 Å². The van der Waals surface area contributed by atoms with Crippen molar-refractivity contribution in [2.45, 2.75) is 123 Å². The summed E-state index contributed by atoms with van der Waals surface area (Å²) < 4.78 is 22.9. The molecule has 1 aliphatic heterocycles. The van der Waals surface area contributed by atoms with Gasteiger partial charge in [-0.25, -0.2) is 0 Å². The van der Waals surface area contributed by atoms with E-state index in [1.54, 1.807) is 0 Å². The highest BCUT2D eigenvalue weighted by atomic mass is 16.7. The third-order valence-electron chi connectivity index (χ3n) is 10.5. The van der Waals surface area contributed by atoms with Gasteiger partial charge in [-0.15, -0.1) is 0 Å². The zero-order chi connectivity index (χ0) is 29.6. The summed E-state index contributed by atoms with van der Waals surface area (Å²) in [7, 11) is 0. The molecule has 228 valence electrons. The van der Waals surface area contributed by atoms with Crippen molar-refractivity contribution in [1.82, 2.24) is 0 Å². The van der Waals surface area contributed by atoms with E-state index in [1.807, 2.05) is 0 Å². The molecule has 2 saturated carbocycles. The SMILES string of the molecule is CC(=O)OCC(OC(C)=O)[C@]1(C)C=C2CCC3C(C)(C)C(OC4OC(CO)C(O)C(O)C4O)CC[C@@]3(C)C2CC1. The molecular weight excluding hydrogens is 520 g/mol. The Morgan fingerprint density at radius 2 is 1.70 bits per heavy atom. The lowest BCUT2D eigenvalue weighted by molar-refractivity contribution is -0.327. The maximum atomic E-state index is 11.9. The first kappa shape index (κ1) is 31.4. The summed E-state index contributed by atoms with van der Waals surface area (Å²) in [5, 5.41) is 40.5. The highest BCUT2D eigenvalue weighted by Gasteiger charge is 2.59. The van der Waals surface area contributed by atoms with Crippen LogP contribution in [0.3, 0.4) is 0 Å². The zero-order valence-electron chi connectivity index (χ0n) is 24.7. The molecule has 3 fully saturated rings. The number of carbonyl (C=O) groups excluding carboxylic acids is 2. The van der Waals surface area contributed by atoms with E-state index in [-0.39, 0.29) is 23.5 Å². The van der Waals surface area contributed by atoms with Gasteiger partial charge in [-0.1, -0.05) is 39.3 Å². The van der Waals surface area contributed by atoms with Gasteiger partial charge in [0, 0.05) is 19.3 Å². The molecular formula is C30H48O10. The van der Waals surface area contributed by atoms with Crippen molar-refractivity contribution in [1.29, 1.82) is 0 Å². The molecule has 0 spiro atoms. The minimum atomic E-state index is -1.47. The normalized spacial score (nSPS) is 43.5. The average Bonchev–Trinajstić information content (AvgIpc) is 2.87. The summed E-state index contributed by atoms with van der Waals surface area (Å²) in [5.74, 6) is -0.118. The van der Waals surface area contributed by atoms with Crippen molar-refractivity contribution in [3.05, 3.63) is 11.6 Å². The fraction of sp³-hybridized carbons (Fsp3) is 0.867. The molecule has 10 nitrogen and oxygen atoms in total. The molecule has 0 aromatic heterocycles. The Labute approximate surface area is 237 Å². The predicted octanol–water partition coefficient (Wildman–Crippen LogP) is 2.25. The van der Waals surface area contributed by atoms with E-state index in [0.717, 1.165) is 38.5 Å². The maximum absolute atomic E-state index is 11.9. The van der Waals surface area contributed by atoms with E-state index >= 15 is 0 Å². The van der Waals surface area contributed by atoms with Gasteiger partial charge >= 0.3 is 11.9 Å². The lowest BCUT2D eigenvalue weighted by atomic mass is 9.45. The van der Waals surface area contributed by atoms with Crippen LogP contribution in [0.25, 0.3) is 0 Å². The van der Waals surface area contributed by atoms with Crippen molar-refractivity contribution in [3.8, 4) is 0 Å². The molecule has 0 radical (unpaired) electrons. The van der Waals surface area contributed by atoms with Gasteiger partial charge < -0.3 is 39.4 Å². The van der Waals surface area contributed by atoms with Crippen LogP contribution >= 0.6 is 0 Å². The molecule has 4 aliphatic rings. The van der Waals surface area contributed by atoms with Gasteiger partial charge in [0.1, 0.15) is 37.1 Å². The van der Waals surface area contributed by atoms with Crippen LogP contribution in [0.15, 0.2) is 11.6 Å². The smallest absolute Gasteiger partial charge is 0.303 e. The van der Waals surface area contributed by atoms with Gasteiger partial charge in [-0.2, -0.15) is 0 Å². The third kappa shape index (κ3) is 5.72. The van der Waals surface area contributed by atoms with Crippen molar-refractivity contribution < 1.29 is 49.0 Å². The number of aliphatic hydroxyl groups excluding tert-OH is 4. The van der Waals surface area contributed by atoms with E-state index in [0.29, 0.717) is 11.8 Å². The Kier molecular flexibility index (Phi) is 9.11. The lowest BCUT2D eigenvalue weighted by Crippen LogP contribution is -2.62. The largest absolute Gasteiger partial charge is 0.462 e. The zero-order valence-corrected chi connectivity index (χ0v) is 24.7. The standard InChI is InChI=1S/C30H48O10/c1-16(32)37-15-23(38-17(2)33)29(5)11-9-19-18(13-29)7-8-21-28(3,4)22(10-12-30(19,21)6)40-27-26(36)25(35)24(34)20(14-31)39-27/h13,19-27,31,34-36H,7-12,14-15H2,1-6H3/t19?,20?,21?,22?,23?,24?,25?,26?,27?,29-,30-/m0/s1. The monoisotopic (exact) mass is 568 g/mol. The van der Waals surface area contributed by atoms with Gasteiger partial charge in [-0.3, -0.25) is 9.59 Å². The minimum Gasteiger partial charge on any atom is -0.462 e. The number of esters is 2. The summed E-state index contributed by atoms with van der Waals surface area (Å²) in [6.45, 7) is 11.1. The lowest BCUT2D eigenvalue weighted by Gasteiger charge is -2.62. The number of allylic oxidation sites excluding steroid dienone is 1. The number of ether oxygens (including phenoxy) is 4. The number of fused-ring (bicyclic) bond motifs is 3.